The van der Waals surface area contributed by atoms with E-state index in [1.54, 1.807) is 6.92 Å². The zero-order valence-corrected chi connectivity index (χ0v) is 10.9. The Morgan fingerprint density at radius 1 is 1.44 bits per heavy atom. The molecule has 0 aromatic carbocycles. The lowest BCUT2D eigenvalue weighted by atomic mass is 10.1. The molecule has 6 heteroatoms. The van der Waals surface area contributed by atoms with Gasteiger partial charge >= 0.3 is 5.97 Å². The van der Waals surface area contributed by atoms with Crippen molar-refractivity contribution in [2.45, 2.75) is 46.1 Å². The predicted molar refractivity (Wildman–Crippen MR) is 66.2 cm³/mol. The minimum Gasteiger partial charge on any atom is -0.481 e. The Kier molecular flexibility index (Phi) is 4.88. The van der Waals surface area contributed by atoms with Gasteiger partial charge in [-0.1, -0.05) is 0 Å². The minimum absolute atomic E-state index is 0.0600. The van der Waals surface area contributed by atoms with Gasteiger partial charge in [-0.05, 0) is 32.8 Å². The third kappa shape index (κ3) is 4.20. The van der Waals surface area contributed by atoms with Gasteiger partial charge in [-0.2, -0.15) is 5.10 Å². The lowest BCUT2D eigenvalue weighted by Gasteiger charge is -2.11. The quantitative estimate of drug-likeness (QED) is 0.703. The van der Waals surface area contributed by atoms with Gasteiger partial charge in [0.25, 0.3) is 0 Å². The average Bonchev–Trinajstić information content (AvgIpc) is 2.54. The van der Waals surface area contributed by atoms with Gasteiger partial charge in [0.2, 0.25) is 5.91 Å². The van der Waals surface area contributed by atoms with E-state index >= 15 is 0 Å². The highest BCUT2D eigenvalue weighted by molar-refractivity contribution is 5.77. The molecule has 0 saturated carbocycles. The van der Waals surface area contributed by atoms with Gasteiger partial charge in [-0.15, -0.1) is 0 Å². The summed E-state index contributed by atoms with van der Waals surface area (Å²) in [5.74, 6) is -1.05. The number of H-pyrrole nitrogens is 1. The highest BCUT2D eigenvalue weighted by Gasteiger charge is 2.12. The van der Waals surface area contributed by atoms with E-state index in [1.165, 1.54) is 0 Å². The first-order valence-corrected chi connectivity index (χ1v) is 5.91. The molecule has 1 heterocycles. The van der Waals surface area contributed by atoms with Crippen molar-refractivity contribution in [1.82, 2.24) is 15.5 Å². The molecule has 1 amide bonds. The molecule has 0 saturated heterocycles. The van der Waals surface area contributed by atoms with Crippen LogP contribution in [0.3, 0.4) is 0 Å². The van der Waals surface area contributed by atoms with Crippen LogP contribution in [-0.4, -0.2) is 33.2 Å². The van der Waals surface area contributed by atoms with Crippen molar-refractivity contribution in [2.75, 3.05) is 0 Å². The number of carboxylic acids is 1. The summed E-state index contributed by atoms with van der Waals surface area (Å²) in [5.41, 5.74) is 2.92. The fraction of sp³-hybridized carbons (Fsp3) is 0.583. The van der Waals surface area contributed by atoms with E-state index < -0.39 is 5.97 Å². The maximum absolute atomic E-state index is 11.6. The van der Waals surface area contributed by atoms with Crippen LogP contribution < -0.4 is 5.32 Å². The number of aromatic nitrogens is 2. The monoisotopic (exact) mass is 253 g/mol. The Balaban J connectivity index is 2.40. The molecule has 0 fully saturated rings. The van der Waals surface area contributed by atoms with Crippen LogP contribution in [-0.2, 0) is 16.0 Å². The number of carbonyl (C=O) groups excluding carboxylic acids is 1. The number of nitrogens with zero attached hydrogens (tertiary/aromatic N) is 1. The summed E-state index contributed by atoms with van der Waals surface area (Å²) in [6, 6.07) is -0.346. The molecule has 0 radical (unpaired) electrons. The van der Waals surface area contributed by atoms with E-state index in [9.17, 15) is 9.59 Å². The number of aromatic amines is 1. The Morgan fingerprint density at radius 3 is 2.61 bits per heavy atom. The van der Waals surface area contributed by atoms with Gasteiger partial charge in [0.1, 0.15) is 0 Å². The van der Waals surface area contributed by atoms with Crippen LogP contribution in [0.5, 0.6) is 0 Å². The molecule has 3 N–H and O–H groups in total. The van der Waals surface area contributed by atoms with Gasteiger partial charge in [0.05, 0.1) is 12.1 Å². The fourth-order valence-electron chi connectivity index (χ4n) is 1.84. The van der Waals surface area contributed by atoms with Gasteiger partial charge < -0.3 is 10.4 Å². The molecule has 1 rings (SSSR count). The number of carboxylic acid groups (broad SMARTS) is 1. The van der Waals surface area contributed by atoms with Gasteiger partial charge in [0, 0.05) is 18.2 Å². The number of carbonyl (C=O) groups is 2. The van der Waals surface area contributed by atoms with Crippen LogP contribution in [0, 0.1) is 13.8 Å². The summed E-state index contributed by atoms with van der Waals surface area (Å²) in [6.45, 7) is 5.49. The van der Waals surface area contributed by atoms with Crippen molar-refractivity contribution in [3.05, 3.63) is 17.0 Å². The number of aryl methyl sites for hydroxylation is 2. The van der Waals surface area contributed by atoms with Gasteiger partial charge in [-0.25, -0.2) is 0 Å². The predicted octanol–water partition coefficient (Wildman–Crippen LogP) is 0.939. The number of hydrogen-bond acceptors (Lipinski definition) is 3. The molecule has 1 aromatic heterocycles. The van der Waals surface area contributed by atoms with Crippen LogP contribution in [0.25, 0.3) is 0 Å². The molecule has 0 bridgehead atoms. The lowest BCUT2D eigenvalue weighted by Crippen LogP contribution is -2.34. The van der Waals surface area contributed by atoms with E-state index in [1.807, 2.05) is 13.8 Å². The van der Waals surface area contributed by atoms with E-state index in [2.05, 4.69) is 15.5 Å². The zero-order valence-electron chi connectivity index (χ0n) is 10.9. The largest absolute Gasteiger partial charge is 0.481 e. The van der Waals surface area contributed by atoms with E-state index in [-0.39, 0.29) is 18.4 Å². The summed E-state index contributed by atoms with van der Waals surface area (Å²) in [6.07, 6.45) is 0.889. The average molecular weight is 253 g/mol. The SMILES string of the molecule is Cc1n[nH]c(C)c1CCC(=O)NC(C)CC(=O)O. The van der Waals surface area contributed by atoms with Crippen LogP contribution >= 0.6 is 0 Å². The second-order valence-corrected chi connectivity index (χ2v) is 4.48. The van der Waals surface area contributed by atoms with Crippen molar-refractivity contribution in [3.8, 4) is 0 Å². The van der Waals surface area contributed by atoms with Crippen molar-refractivity contribution in [3.63, 3.8) is 0 Å². The van der Waals surface area contributed by atoms with Crippen molar-refractivity contribution in [1.29, 1.82) is 0 Å². The molecule has 18 heavy (non-hydrogen) atoms. The normalized spacial score (nSPS) is 12.2. The Bertz CT molecular complexity index is 420. The van der Waals surface area contributed by atoms with Crippen LogP contribution in [0.2, 0.25) is 0 Å². The number of hydrogen-bond donors (Lipinski definition) is 3. The first kappa shape index (κ1) is 14.2. The zero-order chi connectivity index (χ0) is 13.7. The Hall–Kier alpha value is -1.85. The minimum atomic E-state index is -0.913. The number of aliphatic carboxylic acids is 1. The van der Waals surface area contributed by atoms with Crippen LogP contribution in [0.15, 0.2) is 0 Å². The molecule has 0 aliphatic heterocycles. The van der Waals surface area contributed by atoms with Crippen molar-refractivity contribution >= 4 is 11.9 Å². The molecule has 1 unspecified atom stereocenters. The van der Waals surface area contributed by atoms with E-state index in [4.69, 9.17) is 5.11 Å². The van der Waals surface area contributed by atoms with Gasteiger partial charge in [0.15, 0.2) is 0 Å². The van der Waals surface area contributed by atoms with E-state index in [0.29, 0.717) is 12.8 Å². The van der Waals surface area contributed by atoms with Crippen molar-refractivity contribution in [2.24, 2.45) is 0 Å². The second-order valence-electron chi connectivity index (χ2n) is 4.48. The Labute approximate surface area is 106 Å². The van der Waals surface area contributed by atoms with Crippen molar-refractivity contribution < 1.29 is 14.7 Å². The second kappa shape index (κ2) is 6.18. The molecule has 1 atom stereocenters. The molecular formula is C12H19N3O3. The Morgan fingerprint density at radius 2 is 2.11 bits per heavy atom. The van der Waals surface area contributed by atoms with Crippen LogP contribution in [0.4, 0.5) is 0 Å². The van der Waals surface area contributed by atoms with Crippen LogP contribution in [0.1, 0.15) is 36.7 Å². The molecule has 1 aromatic rings. The molecule has 0 aliphatic carbocycles. The third-order valence-electron chi connectivity index (χ3n) is 2.77. The number of nitrogens with one attached hydrogen (secondary N) is 2. The summed E-state index contributed by atoms with van der Waals surface area (Å²) in [4.78, 5) is 22.1. The maximum atomic E-state index is 11.6. The number of amides is 1. The summed E-state index contributed by atoms with van der Waals surface area (Å²) in [7, 11) is 0. The molecular weight excluding hydrogens is 234 g/mol. The molecule has 0 spiro atoms. The van der Waals surface area contributed by atoms with E-state index in [0.717, 1.165) is 17.0 Å². The first-order valence-electron chi connectivity index (χ1n) is 5.91. The fourth-order valence-corrected chi connectivity index (χ4v) is 1.84. The maximum Gasteiger partial charge on any atom is 0.305 e. The highest BCUT2D eigenvalue weighted by Crippen LogP contribution is 2.11. The summed E-state index contributed by atoms with van der Waals surface area (Å²) < 4.78 is 0. The first-order chi connectivity index (χ1) is 8.40. The smallest absolute Gasteiger partial charge is 0.305 e. The highest BCUT2D eigenvalue weighted by atomic mass is 16.4. The van der Waals surface area contributed by atoms with Gasteiger partial charge in [-0.3, -0.25) is 14.7 Å². The summed E-state index contributed by atoms with van der Waals surface area (Å²) in [5, 5.41) is 18.2. The molecule has 100 valence electrons. The standard InChI is InChI=1S/C12H19N3O3/c1-7(6-12(17)18)13-11(16)5-4-10-8(2)14-15-9(10)3/h7H,4-6H2,1-3H3,(H,13,16)(H,14,15)(H,17,18). The lowest BCUT2D eigenvalue weighted by molar-refractivity contribution is -0.137. The molecule has 6 nitrogen and oxygen atoms in total. The number of rotatable bonds is 6. The third-order valence-corrected chi connectivity index (χ3v) is 2.77. The summed E-state index contributed by atoms with van der Waals surface area (Å²) >= 11 is 0. The topological polar surface area (TPSA) is 95.1 Å². The molecule has 0 aliphatic rings.